The van der Waals surface area contributed by atoms with Crippen LogP contribution in [0.5, 0.6) is 0 Å². The van der Waals surface area contributed by atoms with E-state index in [9.17, 15) is 0 Å². The Labute approximate surface area is 164 Å². The molecular weight excluding hydrogens is 359 g/mol. The summed E-state index contributed by atoms with van der Waals surface area (Å²) in [6, 6.07) is 1.69. The Morgan fingerprint density at radius 3 is 0.520 bits per heavy atom. The summed E-state index contributed by atoms with van der Waals surface area (Å²) in [5, 5.41) is 0. The zero-order valence-electron chi connectivity index (χ0n) is 15.7. The second-order valence-corrected chi connectivity index (χ2v) is 7.84. The quantitative estimate of drug-likeness (QED) is 0.350. The standard InChI is InChI=1S/3C6H14N2.Co/c3*7-5-3-1-2-4-6(5)8;/h3*5-6H,1-4,7-8H2;/q;;;+3. The van der Waals surface area contributed by atoms with Crippen LogP contribution in [0.4, 0.5) is 0 Å². The van der Waals surface area contributed by atoms with E-state index >= 15 is 0 Å². The Bertz CT molecular complexity index is 242. The Hall–Kier alpha value is 0.266. The van der Waals surface area contributed by atoms with E-state index in [0.29, 0.717) is 0 Å². The summed E-state index contributed by atoms with van der Waals surface area (Å²) < 4.78 is 0. The fourth-order valence-corrected chi connectivity index (χ4v) is 3.56. The summed E-state index contributed by atoms with van der Waals surface area (Å²) in [4.78, 5) is 0. The number of nitrogens with two attached hydrogens (primary N) is 6. The van der Waals surface area contributed by atoms with Crippen LogP contribution < -0.4 is 34.4 Å². The van der Waals surface area contributed by atoms with Gasteiger partial charge in [0.1, 0.15) is 0 Å². The van der Waals surface area contributed by atoms with Gasteiger partial charge in [-0.25, -0.2) is 0 Å². The predicted molar refractivity (Wildman–Crippen MR) is 103 cm³/mol. The van der Waals surface area contributed by atoms with Crippen molar-refractivity contribution in [1.29, 1.82) is 0 Å². The normalized spacial score (nSPS) is 38.2. The maximum Gasteiger partial charge on any atom is 3.00 e. The topological polar surface area (TPSA) is 156 Å². The van der Waals surface area contributed by atoms with E-state index in [4.69, 9.17) is 34.4 Å². The Morgan fingerprint density at radius 2 is 0.440 bits per heavy atom. The van der Waals surface area contributed by atoms with Gasteiger partial charge in [0.05, 0.1) is 0 Å². The zero-order valence-corrected chi connectivity index (χ0v) is 16.8. The van der Waals surface area contributed by atoms with E-state index in [1.54, 1.807) is 0 Å². The second kappa shape index (κ2) is 14.3. The van der Waals surface area contributed by atoms with Gasteiger partial charge in [-0.3, -0.25) is 0 Å². The second-order valence-electron chi connectivity index (χ2n) is 7.84. The Kier molecular flexibility index (Phi) is 14.5. The van der Waals surface area contributed by atoms with Gasteiger partial charge in [0.2, 0.25) is 0 Å². The van der Waals surface area contributed by atoms with Crippen molar-refractivity contribution in [3.63, 3.8) is 0 Å². The fourth-order valence-electron chi connectivity index (χ4n) is 3.56. The maximum atomic E-state index is 5.65. The molecular formula is C18H42CoN6+3. The first-order chi connectivity index (χ1) is 11.4. The molecule has 3 rings (SSSR count). The van der Waals surface area contributed by atoms with Gasteiger partial charge < -0.3 is 34.4 Å². The van der Waals surface area contributed by atoms with Gasteiger partial charge in [-0.15, -0.1) is 0 Å². The number of hydrogen-bond donors (Lipinski definition) is 6. The van der Waals surface area contributed by atoms with E-state index in [2.05, 4.69) is 0 Å². The first-order valence-electron chi connectivity index (χ1n) is 9.95. The SMILES string of the molecule is NC1CCCCC1N.NC1CCCCC1N.NC1CCCCC1N.[Co+3]. The summed E-state index contributed by atoms with van der Waals surface area (Å²) >= 11 is 0. The molecule has 0 spiro atoms. The fraction of sp³-hybridized carbons (Fsp3) is 1.00. The molecule has 6 nitrogen and oxygen atoms in total. The van der Waals surface area contributed by atoms with Crippen molar-refractivity contribution in [3.05, 3.63) is 0 Å². The van der Waals surface area contributed by atoms with E-state index in [-0.39, 0.29) is 53.0 Å². The molecule has 7 heteroatoms. The first-order valence-corrected chi connectivity index (χ1v) is 9.95. The minimum absolute atomic E-state index is 0. The third-order valence-electron chi connectivity index (χ3n) is 5.62. The van der Waals surface area contributed by atoms with Gasteiger partial charge in [0, 0.05) is 36.3 Å². The minimum Gasteiger partial charge on any atom is -0.326 e. The molecule has 0 aromatic carbocycles. The predicted octanol–water partition coefficient (Wildman–Crippen LogP) is 0.643. The van der Waals surface area contributed by atoms with Crippen LogP contribution in [0, 0.1) is 0 Å². The number of hydrogen-bond acceptors (Lipinski definition) is 6. The van der Waals surface area contributed by atoms with Crippen LogP contribution in [-0.2, 0) is 16.8 Å². The van der Waals surface area contributed by atoms with Gasteiger partial charge in [0.25, 0.3) is 0 Å². The van der Waals surface area contributed by atoms with Gasteiger partial charge >= 0.3 is 16.8 Å². The van der Waals surface area contributed by atoms with Crippen molar-refractivity contribution in [2.75, 3.05) is 0 Å². The number of rotatable bonds is 0. The molecule has 0 amide bonds. The molecule has 0 aliphatic heterocycles. The average Bonchev–Trinajstić information content (AvgIpc) is 2.57. The molecule has 0 radical (unpaired) electrons. The van der Waals surface area contributed by atoms with Gasteiger partial charge in [-0.05, 0) is 38.5 Å². The van der Waals surface area contributed by atoms with E-state index in [1.807, 2.05) is 0 Å². The van der Waals surface area contributed by atoms with E-state index in [0.717, 1.165) is 38.5 Å². The van der Waals surface area contributed by atoms with Crippen LogP contribution in [0.25, 0.3) is 0 Å². The van der Waals surface area contributed by atoms with Crippen LogP contribution in [-0.4, -0.2) is 36.3 Å². The summed E-state index contributed by atoms with van der Waals surface area (Å²) in [6.45, 7) is 0. The van der Waals surface area contributed by atoms with Crippen LogP contribution in [0.1, 0.15) is 77.0 Å². The molecule has 150 valence electrons. The van der Waals surface area contributed by atoms with Crippen LogP contribution in [0.15, 0.2) is 0 Å². The average molecular weight is 402 g/mol. The van der Waals surface area contributed by atoms with Gasteiger partial charge in [-0.1, -0.05) is 38.5 Å². The molecule has 25 heavy (non-hydrogen) atoms. The molecule has 0 bridgehead atoms. The molecule has 3 aliphatic carbocycles. The van der Waals surface area contributed by atoms with E-state index < -0.39 is 0 Å². The third-order valence-corrected chi connectivity index (χ3v) is 5.62. The smallest absolute Gasteiger partial charge is 0.326 e. The van der Waals surface area contributed by atoms with Gasteiger partial charge in [0.15, 0.2) is 0 Å². The van der Waals surface area contributed by atoms with Crippen LogP contribution >= 0.6 is 0 Å². The summed E-state index contributed by atoms with van der Waals surface area (Å²) in [5.41, 5.74) is 33.9. The summed E-state index contributed by atoms with van der Waals surface area (Å²) in [6.07, 6.45) is 14.4. The third kappa shape index (κ3) is 10.9. The van der Waals surface area contributed by atoms with Gasteiger partial charge in [-0.2, -0.15) is 0 Å². The summed E-state index contributed by atoms with van der Waals surface area (Å²) in [7, 11) is 0. The molecule has 0 heterocycles. The zero-order chi connectivity index (χ0) is 17.9. The molecule has 0 aromatic heterocycles. The van der Waals surface area contributed by atoms with Crippen molar-refractivity contribution in [2.45, 2.75) is 113 Å². The maximum absolute atomic E-state index is 5.65. The molecule has 6 atom stereocenters. The van der Waals surface area contributed by atoms with Crippen molar-refractivity contribution < 1.29 is 16.8 Å². The molecule has 12 N–H and O–H groups in total. The Balaban J connectivity index is 0.000000339. The first kappa shape index (κ1) is 25.3. The summed E-state index contributed by atoms with van der Waals surface area (Å²) in [5.74, 6) is 0. The largest absolute Gasteiger partial charge is 3.00 e. The van der Waals surface area contributed by atoms with Crippen molar-refractivity contribution in [2.24, 2.45) is 34.4 Å². The van der Waals surface area contributed by atoms with Crippen molar-refractivity contribution in [3.8, 4) is 0 Å². The molecule has 3 saturated carbocycles. The molecule has 6 unspecified atom stereocenters. The monoisotopic (exact) mass is 401 g/mol. The van der Waals surface area contributed by atoms with Crippen molar-refractivity contribution in [1.82, 2.24) is 0 Å². The Morgan fingerprint density at radius 1 is 0.320 bits per heavy atom. The molecule has 3 aliphatic rings. The molecule has 0 aromatic rings. The van der Waals surface area contributed by atoms with Crippen LogP contribution in [0.3, 0.4) is 0 Å². The van der Waals surface area contributed by atoms with Crippen molar-refractivity contribution >= 4 is 0 Å². The minimum atomic E-state index is 0. The molecule has 3 fully saturated rings. The molecule has 0 saturated heterocycles. The van der Waals surface area contributed by atoms with Crippen LogP contribution in [0.2, 0.25) is 0 Å². The van der Waals surface area contributed by atoms with E-state index in [1.165, 1.54) is 38.5 Å².